The third-order valence-corrected chi connectivity index (χ3v) is 2.99. The molecule has 13 heavy (non-hydrogen) atoms. The first-order chi connectivity index (χ1) is 6.11. The lowest BCUT2D eigenvalue weighted by Crippen LogP contribution is -2.57. The summed E-state index contributed by atoms with van der Waals surface area (Å²) < 4.78 is 0. The predicted molar refractivity (Wildman–Crippen MR) is 48.2 cm³/mol. The molecule has 0 spiro atoms. The highest BCUT2D eigenvalue weighted by molar-refractivity contribution is 5.79. The molecule has 1 unspecified atom stereocenters. The lowest BCUT2D eigenvalue weighted by atomic mass is 9.75. The Morgan fingerprint density at radius 3 is 2.31 bits per heavy atom. The van der Waals surface area contributed by atoms with E-state index in [1.807, 2.05) is 0 Å². The fraction of sp³-hybridized carbons (Fsp3) is 0.889. The topological polar surface area (TPSA) is 83.5 Å². The van der Waals surface area contributed by atoms with Gasteiger partial charge in [-0.25, -0.2) is 0 Å². The summed E-state index contributed by atoms with van der Waals surface area (Å²) in [5, 5.41) is 17.9. The highest BCUT2D eigenvalue weighted by Gasteiger charge is 2.41. The van der Waals surface area contributed by atoms with Gasteiger partial charge in [0.15, 0.2) is 0 Å². The highest BCUT2D eigenvalue weighted by atomic mass is 16.4. The van der Waals surface area contributed by atoms with E-state index in [2.05, 4.69) is 0 Å². The fourth-order valence-corrected chi connectivity index (χ4v) is 1.99. The molecule has 1 aliphatic rings. The van der Waals surface area contributed by atoms with E-state index in [0.717, 1.165) is 32.1 Å². The van der Waals surface area contributed by atoms with Gasteiger partial charge in [-0.15, -0.1) is 0 Å². The minimum atomic E-state index is -1.42. The predicted octanol–water partition coefficient (Wildman–Crippen LogP) is 0.341. The highest BCUT2D eigenvalue weighted by Crippen LogP contribution is 2.31. The standard InChI is InChI=1S/C9H17NO3/c10-9(6-11,8(12)13)7-4-2-1-3-5-7/h7,11H,1-6,10H2,(H,12,13). The van der Waals surface area contributed by atoms with E-state index >= 15 is 0 Å². The monoisotopic (exact) mass is 187 g/mol. The second-order valence-corrected chi connectivity index (χ2v) is 3.84. The van der Waals surface area contributed by atoms with Gasteiger partial charge in [0.05, 0.1) is 6.61 Å². The Labute approximate surface area is 77.7 Å². The van der Waals surface area contributed by atoms with E-state index in [1.165, 1.54) is 0 Å². The van der Waals surface area contributed by atoms with Gasteiger partial charge >= 0.3 is 5.97 Å². The summed E-state index contributed by atoms with van der Waals surface area (Å²) in [5.41, 5.74) is 4.25. The quantitative estimate of drug-likeness (QED) is 0.595. The van der Waals surface area contributed by atoms with Gasteiger partial charge in [0.25, 0.3) is 0 Å². The number of aliphatic hydroxyl groups excluding tert-OH is 1. The zero-order chi connectivity index (χ0) is 9.90. The second-order valence-electron chi connectivity index (χ2n) is 3.84. The summed E-state index contributed by atoms with van der Waals surface area (Å²) in [5.74, 6) is -1.15. The minimum Gasteiger partial charge on any atom is -0.480 e. The second kappa shape index (κ2) is 4.07. The van der Waals surface area contributed by atoms with Gasteiger partial charge in [-0.3, -0.25) is 4.79 Å². The average Bonchev–Trinajstić information content (AvgIpc) is 2.17. The molecule has 4 nitrogen and oxygen atoms in total. The van der Waals surface area contributed by atoms with Crippen LogP contribution in [0.4, 0.5) is 0 Å². The van der Waals surface area contributed by atoms with E-state index < -0.39 is 18.1 Å². The van der Waals surface area contributed by atoms with E-state index in [1.54, 1.807) is 0 Å². The van der Waals surface area contributed by atoms with Crippen molar-refractivity contribution in [3.8, 4) is 0 Å². The Kier molecular flexibility index (Phi) is 3.27. The van der Waals surface area contributed by atoms with Crippen LogP contribution in [0.2, 0.25) is 0 Å². The van der Waals surface area contributed by atoms with Crippen molar-refractivity contribution in [3.63, 3.8) is 0 Å². The Morgan fingerprint density at radius 1 is 1.38 bits per heavy atom. The fourth-order valence-electron chi connectivity index (χ4n) is 1.99. The number of nitrogens with two attached hydrogens (primary N) is 1. The van der Waals surface area contributed by atoms with Crippen LogP contribution in [-0.2, 0) is 4.79 Å². The lowest BCUT2D eigenvalue weighted by Gasteiger charge is -2.34. The molecule has 1 aliphatic carbocycles. The first-order valence-electron chi connectivity index (χ1n) is 4.74. The van der Waals surface area contributed by atoms with Gasteiger partial charge in [0.1, 0.15) is 5.54 Å². The molecule has 0 amide bonds. The number of carbonyl (C=O) groups is 1. The molecule has 1 saturated carbocycles. The van der Waals surface area contributed by atoms with Crippen molar-refractivity contribution in [3.05, 3.63) is 0 Å². The van der Waals surface area contributed by atoms with Crippen LogP contribution >= 0.6 is 0 Å². The zero-order valence-corrected chi connectivity index (χ0v) is 7.70. The van der Waals surface area contributed by atoms with Crippen LogP contribution < -0.4 is 5.73 Å². The molecule has 0 aromatic heterocycles. The Balaban J connectivity index is 2.68. The van der Waals surface area contributed by atoms with Gasteiger partial charge in [-0.2, -0.15) is 0 Å². The van der Waals surface area contributed by atoms with Crippen molar-refractivity contribution in [1.82, 2.24) is 0 Å². The maximum Gasteiger partial charge on any atom is 0.326 e. The summed E-state index contributed by atoms with van der Waals surface area (Å²) >= 11 is 0. The SMILES string of the molecule is NC(CO)(C(=O)O)C1CCCCC1. The largest absolute Gasteiger partial charge is 0.480 e. The van der Waals surface area contributed by atoms with Crippen molar-refractivity contribution >= 4 is 5.97 Å². The van der Waals surface area contributed by atoms with Gasteiger partial charge in [-0.05, 0) is 18.8 Å². The first-order valence-corrected chi connectivity index (χ1v) is 4.74. The third-order valence-electron chi connectivity index (χ3n) is 2.99. The summed E-state index contributed by atoms with van der Waals surface area (Å²) in [4.78, 5) is 10.9. The van der Waals surface area contributed by atoms with E-state index in [0.29, 0.717) is 0 Å². The van der Waals surface area contributed by atoms with E-state index in [4.69, 9.17) is 15.9 Å². The number of aliphatic hydroxyl groups is 1. The van der Waals surface area contributed by atoms with Crippen LogP contribution in [0.15, 0.2) is 0 Å². The molecule has 0 aliphatic heterocycles. The molecule has 1 atom stereocenters. The Bertz CT molecular complexity index is 189. The average molecular weight is 187 g/mol. The molecule has 0 radical (unpaired) electrons. The zero-order valence-electron chi connectivity index (χ0n) is 7.70. The molecule has 0 bridgehead atoms. The molecule has 4 heteroatoms. The molecule has 0 aromatic rings. The summed E-state index contributed by atoms with van der Waals surface area (Å²) in [6.07, 6.45) is 4.85. The maximum absolute atomic E-state index is 10.9. The van der Waals surface area contributed by atoms with Gasteiger partial charge < -0.3 is 15.9 Å². The van der Waals surface area contributed by atoms with Crippen LogP contribution in [0.25, 0.3) is 0 Å². The molecule has 1 fully saturated rings. The van der Waals surface area contributed by atoms with Gasteiger partial charge in [0, 0.05) is 0 Å². The molecule has 76 valence electrons. The first kappa shape index (κ1) is 10.5. The number of hydrogen-bond acceptors (Lipinski definition) is 3. The molecular formula is C9H17NO3. The van der Waals surface area contributed by atoms with Gasteiger partial charge in [-0.1, -0.05) is 19.3 Å². The lowest BCUT2D eigenvalue weighted by molar-refractivity contribution is -0.148. The number of carboxylic acids is 1. The van der Waals surface area contributed by atoms with Crippen LogP contribution in [0.1, 0.15) is 32.1 Å². The van der Waals surface area contributed by atoms with E-state index in [-0.39, 0.29) is 5.92 Å². The normalized spacial score (nSPS) is 23.8. The van der Waals surface area contributed by atoms with Gasteiger partial charge in [0.2, 0.25) is 0 Å². The van der Waals surface area contributed by atoms with E-state index in [9.17, 15) is 4.79 Å². The minimum absolute atomic E-state index is 0.0660. The molecule has 0 heterocycles. The molecule has 1 rings (SSSR count). The molecular weight excluding hydrogens is 170 g/mol. The molecule has 0 saturated heterocycles. The third kappa shape index (κ3) is 2.00. The summed E-state index contributed by atoms with van der Waals surface area (Å²) in [6, 6.07) is 0. The van der Waals surface area contributed by atoms with Crippen LogP contribution in [0, 0.1) is 5.92 Å². The molecule has 4 N–H and O–H groups in total. The van der Waals surface area contributed by atoms with Crippen LogP contribution in [-0.4, -0.2) is 28.3 Å². The maximum atomic E-state index is 10.9. The summed E-state index contributed by atoms with van der Waals surface area (Å²) in [7, 11) is 0. The number of aliphatic carboxylic acids is 1. The van der Waals surface area contributed by atoms with Crippen molar-refractivity contribution in [2.75, 3.05) is 6.61 Å². The number of hydrogen-bond donors (Lipinski definition) is 3. The van der Waals surface area contributed by atoms with Crippen molar-refractivity contribution in [2.45, 2.75) is 37.6 Å². The van der Waals surface area contributed by atoms with Crippen LogP contribution in [0.3, 0.4) is 0 Å². The van der Waals surface area contributed by atoms with Crippen LogP contribution in [0.5, 0.6) is 0 Å². The van der Waals surface area contributed by atoms with Crippen molar-refractivity contribution in [2.24, 2.45) is 11.7 Å². The summed E-state index contributed by atoms with van der Waals surface area (Å²) in [6.45, 7) is -0.465. The number of rotatable bonds is 3. The van der Waals surface area contributed by atoms with Crippen molar-refractivity contribution in [1.29, 1.82) is 0 Å². The van der Waals surface area contributed by atoms with Crippen molar-refractivity contribution < 1.29 is 15.0 Å². The number of carboxylic acid groups (broad SMARTS) is 1. The molecule has 0 aromatic carbocycles. The Morgan fingerprint density at radius 2 is 1.92 bits per heavy atom. The smallest absolute Gasteiger partial charge is 0.326 e. The Hall–Kier alpha value is -0.610.